The number of methoxy groups -OCH3 is 1. The van der Waals surface area contributed by atoms with E-state index in [4.69, 9.17) is 18.9 Å². The first-order valence-electron chi connectivity index (χ1n) is 19.3. The second kappa shape index (κ2) is 15.0. The second-order valence-corrected chi connectivity index (χ2v) is 17.2. The molecule has 15 atom stereocenters. The van der Waals surface area contributed by atoms with Gasteiger partial charge in [0.25, 0.3) is 0 Å². The molecule has 1 spiro atoms. The number of ether oxygens (including phenoxy) is 4. The average Bonchev–Trinajstić information content (AvgIpc) is 3.38. The summed E-state index contributed by atoms with van der Waals surface area (Å²) in [6, 6.07) is -1.07. The van der Waals surface area contributed by atoms with Crippen molar-refractivity contribution in [3.8, 4) is 0 Å². The molecule has 15 heteroatoms. The van der Waals surface area contributed by atoms with Gasteiger partial charge in [0.15, 0.2) is 11.9 Å². The predicted octanol–water partition coefficient (Wildman–Crippen LogP) is 4.21. The van der Waals surface area contributed by atoms with Crippen molar-refractivity contribution in [1.29, 1.82) is 0 Å². The lowest BCUT2D eigenvalue weighted by Crippen LogP contribution is -2.65. The molecule has 4 aliphatic carbocycles. The molecule has 1 saturated carbocycles. The highest BCUT2D eigenvalue weighted by atomic mass is 16.7. The molecular formula is C41H54N2O13. The van der Waals surface area contributed by atoms with Crippen LogP contribution >= 0.6 is 0 Å². The number of ketones is 1. The maximum absolute atomic E-state index is 14.9. The number of hydrogen-bond donors (Lipinski definition) is 4. The number of Topliss-reactive ketones (excluding diaryl/α,β-unsaturated/α-hetero) is 1. The summed E-state index contributed by atoms with van der Waals surface area (Å²) >= 11 is 0. The van der Waals surface area contributed by atoms with Crippen LogP contribution in [-0.2, 0) is 33.3 Å². The number of aliphatic hydroxyl groups excluding tert-OH is 3. The van der Waals surface area contributed by atoms with E-state index in [-0.39, 0.29) is 36.7 Å². The van der Waals surface area contributed by atoms with E-state index in [0.29, 0.717) is 18.3 Å². The minimum absolute atomic E-state index is 0.0397. The lowest BCUT2D eigenvalue weighted by atomic mass is 9.49. The molecule has 15 nitrogen and oxygen atoms in total. The van der Waals surface area contributed by atoms with Gasteiger partial charge in [-0.15, -0.1) is 0 Å². The Hall–Kier alpha value is -4.18. The Bertz CT molecular complexity index is 1830. The number of carbonyl (C=O) groups is 4. The maximum atomic E-state index is 14.9. The number of nitro groups is 1. The molecule has 2 bridgehead atoms. The molecule has 0 aromatic rings. The number of fused-ring (bicyclic) bond motifs is 4. The fourth-order valence-corrected chi connectivity index (χ4v) is 10.8. The average molecular weight is 783 g/mol. The van der Waals surface area contributed by atoms with Gasteiger partial charge >= 0.3 is 12.1 Å². The minimum Gasteiger partial charge on any atom is -0.511 e. The molecule has 3 fully saturated rings. The summed E-state index contributed by atoms with van der Waals surface area (Å²) in [6.45, 7) is 12.4. The van der Waals surface area contributed by atoms with Gasteiger partial charge in [-0.2, -0.15) is 0 Å². The van der Waals surface area contributed by atoms with Crippen molar-refractivity contribution in [2.24, 2.45) is 40.9 Å². The summed E-state index contributed by atoms with van der Waals surface area (Å²) in [4.78, 5) is 65.3. The molecule has 0 unspecified atom stereocenters. The van der Waals surface area contributed by atoms with Gasteiger partial charge in [-0.25, -0.2) is 9.59 Å². The van der Waals surface area contributed by atoms with E-state index in [9.17, 15) is 44.6 Å². The number of nitrogens with zero attached hydrogens (tertiary/aromatic N) is 1. The molecule has 0 aromatic carbocycles. The van der Waals surface area contributed by atoms with E-state index >= 15 is 0 Å². The number of aliphatic hydroxyl groups is 3. The van der Waals surface area contributed by atoms with E-state index in [1.54, 1.807) is 26.8 Å². The van der Waals surface area contributed by atoms with Crippen LogP contribution in [0.3, 0.4) is 0 Å². The molecule has 4 N–H and O–H groups in total. The molecular weight excluding hydrogens is 728 g/mol. The Morgan fingerprint density at radius 3 is 2.43 bits per heavy atom. The third-order valence-corrected chi connectivity index (χ3v) is 13.7. The summed E-state index contributed by atoms with van der Waals surface area (Å²) < 4.78 is 23.4. The Labute approximate surface area is 326 Å². The summed E-state index contributed by atoms with van der Waals surface area (Å²) in [5.74, 6) is -5.13. The maximum Gasteiger partial charge on any atom is 0.407 e. The zero-order valence-corrected chi connectivity index (χ0v) is 33.1. The first-order valence-corrected chi connectivity index (χ1v) is 19.3. The molecule has 2 heterocycles. The number of carbonyl (C=O) groups excluding carboxylic acids is 4. The van der Waals surface area contributed by atoms with Crippen molar-refractivity contribution in [3.05, 3.63) is 68.5 Å². The van der Waals surface area contributed by atoms with Crippen LogP contribution in [0.5, 0.6) is 0 Å². The molecule has 2 aliphatic heterocycles. The van der Waals surface area contributed by atoms with Crippen LogP contribution in [0.15, 0.2) is 58.4 Å². The van der Waals surface area contributed by atoms with E-state index in [1.807, 2.05) is 39.0 Å². The Morgan fingerprint density at radius 2 is 1.79 bits per heavy atom. The molecule has 6 rings (SSSR count). The summed E-state index contributed by atoms with van der Waals surface area (Å²) in [7, 11) is 1.15. The van der Waals surface area contributed by atoms with E-state index in [1.165, 1.54) is 13.0 Å². The van der Waals surface area contributed by atoms with Crippen LogP contribution in [0.1, 0.15) is 74.1 Å². The van der Waals surface area contributed by atoms with Crippen molar-refractivity contribution in [3.63, 3.8) is 0 Å². The van der Waals surface area contributed by atoms with Gasteiger partial charge in [0, 0.05) is 35.5 Å². The summed E-state index contributed by atoms with van der Waals surface area (Å²) in [5.41, 5.74) is -4.40. The number of rotatable bonds is 5. The second-order valence-electron chi connectivity index (χ2n) is 17.2. The van der Waals surface area contributed by atoms with Crippen LogP contribution in [-0.4, -0.2) is 99.4 Å². The van der Waals surface area contributed by atoms with Crippen molar-refractivity contribution in [2.75, 3.05) is 7.11 Å². The highest BCUT2D eigenvalue weighted by molar-refractivity contribution is 6.26. The fourth-order valence-electron chi connectivity index (χ4n) is 10.8. The Balaban J connectivity index is 1.51. The van der Waals surface area contributed by atoms with E-state index in [2.05, 4.69) is 5.32 Å². The number of allylic oxidation sites excluding steroid dienone is 3. The first kappa shape index (κ1) is 41.5. The minimum atomic E-state index is -2.10. The largest absolute Gasteiger partial charge is 0.511 e. The van der Waals surface area contributed by atoms with Crippen LogP contribution < -0.4 is 5.32 Å². The molecule has 306 valence electrons. The Morgan fingerprint density at radius 1 is 1.09 bits per heavy atom. The number of esters is 1. The van der Waals surface area contributed by atoms with Crippen molar-refractivity contribution in [2.45, 2.75) is 122 Å². The number of amides is 1. The zero-order chi connectivity index (χ0) is 41.2. The monoisotopic (exact) mass is 782 g/mol. The normalized spacial score (nSPS) is 43.9. The topological polar surface area (TPSA) is 221 Å². The molecule has 0 aromatic heterocycles. The first-order chi connectivity index (χ1) is 26.2. The van der Waals surface area contributed by atoms with Crippen molar-refractivity contribution < 1.29 is 58.4 Å². The van der Waals surface area contributed by atoms with E-state index in [0.717, 1.165) is 12.7 Å². The van der Waals surface area contributed by atoms with Crippen molar-refractivity contribution in [1.82, 2.24) is 5.32 Å². The lowest BCUT2D eigenvalue weighted by Gasteiger charge is -2.55. The van der Waals surface area contributed by atoms with Gasteiger partial charge in [-0.3, -0.25) is 19.7 Å². The van der Waals surface area contributed by atoms with Gasteiger partial charge in [-0.1, -0.05) is 50.6 Å². The van der Waals surface area contributed by atoms with Crippen LogP contribution in [0.4, 0.5) is 4.79 Å². The summed E-state index contributed by atoms with van der Waals surface area (Å²) in [6.07, 6.45) is 3.32. The van der Waals surface area contributed by atoms with Crippen LogP contribution in [0.25, 0.3) is 0 Å². The van der Waals surface area contributed by atoms with Crippen LogP contribution in [0, 0.1) is 51.0 Å². The quantitative estimate of drug-likeness (QED) is 0.0768. The third-order valence-electron chi connectivity index (χ3n) is 13.7. The van der Waals surface area contributed by atoms with E-state index < -0.39 is 111 Å². The predicted molar refractivity (Wildman–Crippen MR) is 199 cm³/mol. The molecule has 0 radical (unpaired) electrons. The molecule has 2 saturated heterocycles. The van der Waals surface area contributed by atoms with Crippen LogP contribution in [0.2, 0.25) is 0 Å². The van der Waals surface area contributed by atoms with Crippen molar-refractivity contribution >= 4 is 24.1 Å². The zero-order valence-electron chi connectivity index (χ0n) is 33.1. The van der Waals surface area contributed by atoms with Gasteiger partial charge < -0.3 is 39.6 Å². The molecule has 1 amide bonds. The smallest absolute Gasteiger partial charge is 0.407 e. The molecule has 6 aliphatic rings. The number of alkyl carbamates (subject to hydrolysis) is 1. The number of aldehydes is 1. The molecule has 56 heavy (non-hydrogen) atoms. The third kappa shape index (κ3) is 6.53. The van der Waals surface area contributed by atoms with Gasteiger partial charge in [0.2, 0.25) is 11.3 Å². The van der Waals surface area contributed by atoms with Gasteiger partial charge in [0.05, 0.1) is 43.9 Å². The fraction of sp³-hybridized carbons (Fsp3) is 0.659. The number of hydrogen-bond acceptors (Lipinski definition) is 13. The highest BCUT2D eigenvalue weighted by Crippen LogP contribution is 2.60. The van der Waals surface area contributed by atoms with Gasteiger partial charge in [-0.05, 0) is 68.6 Å². The van der Waals surface area contributed by atoms with Gasteiger partial charge in [0.1, 0.15) is 23.7 Å². The standard InChI is InChI=1S/C41H54N2O13/c1-19-9-12-29(55-30-17-39(6,43(51)52)34(23(5)54-30)42-38(50)53-8)20(2)14-27-28(45)15-24(18-44)16-41(27)36(48)31(37(49)56-41)35(47)40(7)26(19)11-10-25-32(40)21(3)13-22(4)33(25)46/h9-11,14-15,18,21-23,25-30,32-34,45-47H,12-13,16-17H2,1-8H3,(H,42,50)/t21-,22-,23-,25-,26-,27+,28-,29-,30+,32+,33-,34+,39+,40+,41-/m1/s1. The Kier molecular flexibility index (Phi) is 11.1. The lowest BCUT2D eigenvalue weighted by molar-refractivity contribution is -0.584. The highest BCUT2D eigenvalue weighted by Gasteiger charge is 2.64. The SMILES string of the molecule is COC(=O)N[C@H]1[C@@H](C)O[C@@H](O[C@@H]2CC=C(C)[C@H]3C=C[C@H]4[C@H](O)[C@H](C)C[C@@H](C)[C@@H]4[C@@]3(C)C(O)=C3C(=O)O[C@@]4(CC(C=O)=C[C@@H](O)[C@@H]4C=C2C)C3=O)C[C@]1(C)[N+](=O)[O-]. The summed E-state index contributed by atoms with van der Waals surface area (Å²) in [5, 5.41) is 50.6. The number of nitrogens with one attached hydrogen (secondary N) is 1.